The zero-order chi connectivity index (χ0) is 27.7. The van der Waals surface area contributed by atoms with E-state index in [4.69, 9.17) is 20.6 Å². The van der Waals surface area contributed by atoms with E-state index < -0.39 is 21.7 Å². The van der Waals surface area contributed by atoms with Crippen LogP contribution in [0.25, 0.3) is 6.08 Å². The summed E-state index contributed by atoms with van der Waals surface area (Å²) in [7, 11) is -4.05. The molecule has 1 heterocycles. The monoisotopic (exact) mass is 542 g/mol. The Labute approximate surface area is 225 Å². The van der Waals surface area contributed by atoms with Crippen LogP contribution in [0.2, 0.25) is 0 Å². The Balaban J connectivity index is 1.93. The zero-order valence-electron chi connectivity index (χ0n) is 22.3. The third-order valence-corrected chi connectivity index (χ3v) is 7.84. The highest BCUT2D eigenvalue weighted by atomic mass is 32.2. The predicted molar refractivity (Wildman–Crippen MR) is 151 cm³/mol. The van der Waals surface area contributed by atoms with Crippen molar-refractivity contribution in [1.82, 2.24) is 5.32 Å². The van der Waals surface area contributed by atoms with Gasteiger partial charge in [-0.1, -0.05) is 44.2 Å². The number of hydrogen-bond donors (Lipinski definition) is 3. The van der Waals surface area contributed by atoms with Gasteiger partial charge in [0.2, 0.25) is 10.0 Å². The fraction of sp³-hybridized carbons (Fsp3) is 0.429. The van der Waals surface area contributed by atoms with Gasteiger partial charge >= 0.3 is 5.97 Å². The van der Waals surface area contributed by atoms with Crippen LogP contribution in [0.5, 0.6) is 5.75 Å². The number of anilines is 1. The summed E-state index contributed by atoms with van der Waals surface area (Å²) in [6.45, 7) is 7.61. The lowest BCUT2D eigenvalue weighted by molar-refractivity contribution is -0.139. The fourth-order valence-electron chi connectivity index (χ4n) is 4.25. The first kappa shape index (κ1) is 29.2. The highest BCUT2D eigenvalue weighted by Crippen LogP contribution is 2.33. The Morgan fingerprint density at radius 3 is 2.61 bits per heavy atom. The van der Waals surface area contributed by atoms with Gasteiger partial charge in [0.15, 0.2) is 5.75 Å². The molecule has 38 heavy (non-hydrogen) atoms. The molecule has 3 rings (SSSR count). The maximum atomic E-state index is 13.4. The number of carbonyl (C=O) groups excluding carboxylic acids is 1. The van der Waals surface area contributed by atoms with Crippen molar-refractivity contribution in [1.29, 1.82) is 5.41 Å². The molecule has 9 nitrogen and oxygen atoms in total. The van der Waals surface area contributed by atoms with Crippen molar-refractivity contribution in [2.45, 2.75) is 45.6 Å². The van der Waals surface area contributed by atoms with Crippen LogP contribution in [-0.4, -0.2) is 58.3 Å². The van der Waals surface area contributed by atoms with Crippen LogP contribution in [0.3, 0.4) is 0 Å². The Morgan fingerprint density at radius 1 is 1.21 bits per heavy atom. The molecular formula is C28H38N4O5S. The minimum Gasteiger partial charge on any atom is -0.490 e. The Hall–Kier alpha value is -3.37. The first-order valence-corrected chi connectivity index (χ1v) is 14.5. The number of piperidine rings is 1. The number of nitrogens with zero attached hydrogens (tertiary/aromatic N) is 1. The number of esters is 1. The number of carbonyl (C=O) groups is 1. The smallest absolute Gasteiger partial charge is 0.323 e. The van der Waals surface area contributed by atoms with Crippen molar-refractivity contribution in [3.63, 3.8) is 0 Å². The Morgan fingerprint density at radius 2 is 1.95 bits per heavy atom. The summed E-state index contributed by atoms with van der Waals surface area (Å²) in [5.41, 5.74) is 8.28. The second-order valence-electron chi connectivity index (χ2n) is 9.48. The number of nitrogens with one attached hydrogen (secondary N) is 2. The quantitative estimate of drug-likeness (QED) is 0.212. The molecule has 0 radical (unpaired) electrons. The van der Waals surface area contributed by atoms with Gasteiger partial charge in [0.25, 0.3) is 0 Å². The summed E-state index contributed by atoms with van der Waals surface area (Å²) in [5.74, 6) is -0.780. The molecule has 0 spiro atoms. The second kappa shape index (κ2) is 13.4. The molecule has 0 aromatic heterocycles. The van der Waals surface area contributed by atoms with Gasteiger partial charge < -0.3 is 20.5 Å². The number of benzene rings is 2. The topological polar surface area (TPSA) is 135 Å². The number of nitrogens with two attached hydrogens (primary N) is 1. The molecule has 0 atom stereocenters. The molecule has 0 bridgehead atoms. The van der Waals surface area contributed by atoms with Gasteiger partial charge in [-0.25, -0.2) is 8.42 Å². The fourth-order valence-corrected chi connectivity index (χ4v) is 5.53. The SMILES string of the molecule is CCOC(=O)CS(=O)(=O)N(CC=Cc1cccc(C(=N)N)c1)c1ccc(OC2CCNCC2)c(C(C)C)c1. The van der Waals surface area contributed by atoms with Crippen molar-refractivity contribution in [3.05, 3.63) is 65.2 Å². The maximum Gasteiger partial charge on any atom is 0.323 e. The lowest BCUT2D eigenvalue weighted by Crippen LogP contribution is -2.36. The van der Waals surface area contributed by atoms with E-state index in [1.165, 1.54) is 4.31 Å². The molecule has 2 aromatic rings. The first-order chi connectivity index (χ1) is 18.1. The molecule has 0 unspecified atom stereocenters. The van der Waals surface area contributed by atoms with Gasteiger partial charge in [0.05, 0.1) is 18.8 Å². The van der Waals surface area contributed by atoms with E-state index in [1.54, 1.807) is 43.3 Å². The van der Waals surface area contributed by atoms with Crippen molar-refractivity contribution in [2.75, 3.05) is 36.3 Å². The third-order valence-electron chi connectivity index (χ3n) is 6.20. The van der Waals surface area contributed by atoms with E-state index in [0.29, 0.717) is 11.3 Å². The van der Waals surface area contributed by atoms with Gasteiger partial charge in [-0.2, -0.15) is 0 Å². The van der Waals surface area contributed by atoms with Gasteiger partial charge in [0.1, 0.15) is 17.7 Å². The predicted octanol–water partition coefficient (Wildman–Crippen LogP) is 3.64. The van der Waals surface area contributed by atoms with Crippen LogP contribution >= 0.6 is 0 Å². The van der Waals surface area contributed by atoms with Crippen LogP contribution in [-0.2, 0) is 19.6 Å². The van der Waals surface area contributed by atoms with Gasteiger partial charge in [-0.15, -0.1) is 0 Å². The molecule has 1 saturated heterocycles. The number of ether oxygens (including phenoxy) is 2. The lowest BCUT2D eigenvalue weighted by Gasteiger charge is -2.28. The van der Waals surface area contributed by atoms with Gasteiger partial charge in [-0.3, -0.25) is 14.5 Å². The molecule has 1 aliphatic heterocycles. The van der Waals surface area contributed by atoms with Crippen molar-refractivity contribution < 1.29 is 22.7 Å². The minimum absolute atomic E-state index is 0.00191. The average molecular weight is 543 g/mol. The molecule has 206 valence electrons. The van der Waals surface area contributed by atoms with E-state index in [2.05, 4.69) is 5.32 Å². The number of hydrogen-bond acceptors (Lipinski definition) is 7. The summed E-state index contributed by atoms with van der Waals surface area (Å²) in [4.78, 5) is 12.1. The van der Waals surface area contributed by atoms with Crippen molar-refractivity contribution in [2.24, 2.45) is 5.73 Å². The molecule has 1 aliphatic rings. The van der Waals surface area contributed by atoms with E-state index in [9.17, 15) is 13.2 Å². The Bertz CT molecular complexity index is 1250. The number of nitrogen functional groups attached to an aromatic ring is 1. The number of rotatable bonds is 12. The molecule has 0 aliphatic carbocycles. The van der Waals surface area contributed by atoms with E-state index >= 15 is 0 Å². The highest BCUT2D eigenvalue weighted by molar-refractivity contribution is 7.93. The van der Waals surface area contributed by atoms with Crippen molar-refractivity contribution in [3.8, 4) is 5.75 Å². The number of amidine groups is 1. The minimum atomic E-state index is -4.05. The summed E-state index contributed by atoms with van der Waals surface area (Å²) in [6.07, 6.45) is 5.40. The van der Waals surface area contributed by atoms with E-state index in [0.717, 1.165) is 42.8 Å². The lowest BCUT2D eigenvalue weighted by atomic mass is 10.0. The largest absolute Gasteiger partial charge is 0.490 e. The molecule has 0 amide bonds. The maximum absolute atomic E-state index is 13.4. The van der Waals surface area contributed by atoms with Gasteiger partial charge in [0, 0.05) is 5.56 Å². The normalized spacial score (nSPS) is 14.5. The summed E-state index contributed by atoms with van der Waals surface area (Å²) >= 11 is 0. The van der Waals surface area contributed by atoms with E-state index in [1.807, 2.05) is 32.0 Å². The molecule has 10 heteroatoms. The summed E-state index contributed by atoms with van der Waals surface area (Å²) < 4.78 is 39.2. The summed E-state index contributed by atoms with van der Waals surface area (Å²) in [6, 6.07) is 12.5. The number of sulfonamides is 1. The average Bonchev–Trinajstić information content (AvgIpc) is 2.87. The zero-order valence-corrected chi connectivity index (χ0v) is 23.1. The van der Waals surface area contributed by atoms with Crippen LogP contribution in [0, 0.1) is 5.41 Å². The Kier molecular flexibility index (Phi) is 10.3. The molecule has 1 fully saturated rings. The van der Waals surface area contributed by atoms with Crippen LogP contribution in [0.15, 0.2) is 48.5 Å². The third kappa shape index (κ3) is 8.06. The standard InChI is InChI=1S/C28H38N4O5S/c1-4-36-27(33)19-38(34,35)32(16-6-8-21-7-5-9-22(17-21)28(29)30)23-10-11-26(25(18-23)20(2)3)37-24-12-14-31-15-13-24/h5-11,17-18,20,24,31H,4,12-16,19H2,1-3H3,(H3,29,30). The summed E-state index contributed by atoms with van der Waals surface area (Å²) in [5, 5.41) is 11.0. The van der Waals surface area contributed by atoms with E-state index in [-0.39, 0.29) is 31.0 Å². The highest BCUT2D eigenvalue weighted by Gasteiger charge is 2.27. The molecular weight excluding hydrogens is 504 g/mol. The molecule has 0 saturated carbocycles. The van der Waals surface area contributed by atoms with Crippen molar-refractivity contribution >= 4 is 33.6 Å². The van der Waals surface area contributed by atoms with Crippen LogP contribution in [0.1, 0.15) is 56.2 Å². The molecule has 2 aromatic carbocycles. The second-order valence-corrected chi connectivity index (χ2v) is 11.4. The van der Waals surface area contributed by atoms with Gasteiger partial charge in [-0.05, 0) is 74.2 Å². The van der Waals surface area contributed by atoms with Crippen LogP contribution in [0.4, 0.5) is 5.69 Å². The molecule has 4 N–H and O–H groups in total. The van der Waals surface area contributed by atoms with Crippen LogP contribution < -0.4 is 20.1 Å². The first-order valence-electron chi connectivity index (χ1n) is 12.9.